The summed E-state index contributed by atoms with van der Waals surface area (Å²) in [6.07, 6.45) is 4.12. The monoisotopic (exact) mass is 844 g/mol. The number of aromatic amines is 2. The molecule has 0 radical (unpaired) electrons. The van der Waals surface area contributed by atoms with Crippen molar-refractivity contribution >= 4 is 34.8 Å². The highest BCUT2D eigenvalue weighted by Crippen LogP contribution is 2.54. The van der Waals surface area contributed by atoms with E-state index in [2.05, 4.69) is 69.9 Å². The number of alkyl carbamates (subject to hydrolysis) is 1. The second kappa shape index (κ2) is 16.2. The molecule has 0 spiro atoms. The van der Waals surface area contributed by atoms with Crippen LogP contribution in [0.3, 0.4) is 0 Å². The molecule has 2 saturated carbocycles. The number of carbonyl (C=O) groups is 4. The Morgan fingerprint density at radius 1 is 0.710 bits per heavy atom. The first-order valence-electron chi connectivity index (χ1n) is 21.1. The van der Waals surface area contributed by atoms with Crippen molar-refractivity contribution < 1.29 is 38.5 Å². The topological polar surface area (TPSA) is 195 Å². The van der Waals surface area contributed by atoms with Crippen LogP contribution in [0.4, 0.5) is 9.59 Å². The Morgan fingerprint density at radius 3 is 1.76 bits per heavy atom. The van der Waals surface area contributed by atoms with Crippen molar-refractivity contribution in [1.29, 1.82) is 0 Å². The van der Waals surface area contributed by atoms with Gasteiger partial charge in [-0.2, -0.15) is 0 Å². The SMILES string of the molecule is COC(=O)N[C@H](C(=O)N1[C@@H]2C[C@@H]2C[C@H]1c1nc(-c2ccc(-c3ccc4cc(-c5c[nH]c([C@@H]6C[C@H]7C[C@H]7N6C(=O)[C@H]([C@@H](C)OC)N(C)C(=O)O)n5)ccc4c3)cc2)c[nH]1)[C@@H](C)OC. The van der Waals surface area contributed by atoms with E-state index in [9.17, 15) is 24.3 Å². The number of fused-ring (bicyclic) bond motifs is 3. The number of likely N-dealkylation sites (tertiary alicyclic amines) is 2. The van der Waals surface area contributed by atoms with Crippen LogP contribution in [0.1, 0.15) is 63.3 Å². The molecule has 4 amide bonds. The summed E-state index contributed by atoms with van der Waals surface area (Å²) >= 11 is 0. The first kappa shape index (κ1) is 41.1. The van der Waals surface area contributed by atoms with E-state index in [4.69, 9.17) is 24.2 Å². The lowest BCUT2D eigenvalue weighted by atomic mass is 9.98. The second-order valence-corrected chi connectivity index (χ2v) is 17.1. The van der Waals surface area contributed by atoms with Crippen LogP contribution in [0, 0.1) is 11.8 Å². The van der Waals surface area contributed by atoms with Crippen LogP contribution in [0.2, 0.25) is 0 Å². The molecule has 2 aliphatic heterocycles. The number of H-pyrrole nitrogens is 2. The molecule has 324 valence electrons. The molecule has 9 rings (SSSR count). The largest absolute Gasteiger partial charge is 0.465 e. The van der Waals surface area contributed by atoms with E-state index < -0.39 is 36.5 Å². The number of likely N-dealkylation sites (N-methyl/N-ethyl adjacent to an activating group) is 1. The van der Waals surface area contributed by atoms with Gasteiger partial charge in [-0.25, -0.2) is 19.6 Å². The minimum absolute atomic E-state index is 0.0697. The van der Waals surface area contributed by atoms with Gasteiger partial charge in [0.05, 0.1) is 42.8 Å². The van der Waals surface area contributed by atoms with Gasteiger partial charge in [-0.15, -0.1) is 0 Å². The number of carbonyl (C=O) groups excluding carboxylic acids is 3. The number of rotatable bonds is 13. The Kier molecular flexibility index (Phi) is 10.8. The standard InChI is InChI=1S/C46H52N8O8/c1-23(60-4)39(51-45(57)62-6)43(55)53-35-17-31(35)19-37(53)41-47-21-33(49-41)26-9-7-25(8-10-26)27-11-12-29-16-30(14-13-28(29)15-27)34-22-48-42(50-34)38-20-32-18-36(32)54(38)44(56)40(24(2)61-5)52(3)46(58)59/h7-16,21-24,31-32,35-40H,17-20H2,1-6H3,(H,47,49)(H,48,50)(H,51,57)(H,58,59)/t23-,24-,31-,32-,35-,36-,37+,38+,39+,40+/m1/s1. The molecule has 2 aliphatic carbocycles. The molecular formula is C46H52N8O8. The van der Waals surface area contributed by atoms with Crippen molar-refractivity contribution in [3.8, 4) is 33.6 Å². The van der Waals surface area contributed by atoms with Crippen LogP contribution in [0.25, 0.3) is 44.4 Å². The Bertz CT molecular complexity index is 2520. The number of hydrogen-bond acceptors (Lipinski definition) is 9. The third-order valence-electron chi connectivity index (χ3n) is 13.5. The number of amides is 4. The number of methoxy groups -OCH3 is 3. The fourth-order valence-corrected chi connectivity index (χ4v) is 9.71. The summed E-state index contributed by atoms with van der Waals surface area (Å²) in [6, 6.07) is 18.7. The van der Waals surface area contributed by atoms with E-state index in [0.717, 1.165) is 75.0 Å². The van der Waals surface area contributed by atoms with Crippen molar-refractivity contribution in [1.82, 2.24) is 40.0 Å². The second-order valence-electron chi connectivity index (χ2n) is 17.1. The predicted octanol–water partition coefficient (Wildman–Crippen LogP) is 6.38. The van der Waals surface area contributed by atoms with Crippen LogP contribution < -0.4 is 5.32 Å². The van der Waals surface area contributed by atoms with Gasteiger partial charge in [0, 0.05) is 56.9 Å². The lowest BCUT2D eigenvalue weighted by Gasteiger charge is -2.35. The zero-order valence-electron chi connectivity index (χ0n) is 35.6. The fraction of sp³-hybridized carbons (Fsp3) is 0.435. The number of aromatic nitrogens is 4. The van der Waals surface area contributed by atoms with Crippen LogP contribution >= 0.6 is 0 Å². The molecular weight excluding hydrogens is 793 g/mol. The maximum absolute atomic E-state index is 14.0. The van der Waals surface area contributed by atoms with Crippen molar-refractivity contribution in [3.63, 3.8) is 0 Å². The molecule has 4 heterocycles. The summed E-state index contributed by atoms with van der Waals surface area (Å²) in [5.41, 5.74) is 5.56. The molecule has 62 heavy (non-hydrogen) atoms. The lowest BCUT2D eigenvalue weighted by molar-refractivity contribution is -0.142. The average molecular weight is 845 g/mol. The van der Waals surface area contributed by atoms with Crippen LogP contribution in [-0.2, 0) is 23.8 Å². The predicted molar refractivity (Wildman–Crippen MR) is 229 cm³/mol. The number of ether oxygens (including phenoxy) is 3. The molecule has 4 aliphatic rings. The summed E-state index contributed by atoms with van der Waals surface area (Å²) in [4.78, 5) is 73.2. The van der Waals surface area contributed by atoms with Gasteiger partial charge in [0.25, 0.3) is 0 Å². The van der Waals surface area contributed by atoms with Crippen LogP contribution in [0.15, 0.2) is 73.1 Å². The van der Waals surface area contributed by atoms with Gasteiger partial charge in [-0.05, 0) is 85.4 Å². The third kappa shape index (κ3) is 7.44. The summed E-state index contributed by atoms with van der Waals surface area (Å²) in [6.45, 7) is 3.47. The molecule has 3 aromatic carbocycles. The van der Waals surface area contributed by atoms with E-state index in [1.807, 2.05) is 28.3 Å². The highest BCUT2D eigenvalue weighted by Gasteiger charge is 2.58. The minimum Gasteiger partial charge on any atom is -0.465 e. The number of benzene rings is 3. The van der Waals surface area contributed by atoms with E-state index in [1.165, 1.54) is 28.4 Å². The maximum Gasteiger partial charge on any atom is 0.407 e. The van der Waals surface area contributed by atoms with Gasteiger partial charge >= 0.3 is 12.2 Å². The van der Waals surface area contributed by atoms with Gasteiger partial charge in [0.1, 0.15) is 23.7 Å². The van der Waals surface area contributed by atoms with Gasteiger partial charge in [0.2, 0.25) is 11.8 Å². The quantitative estimate of drug-likeness (QED) is 0.103. The molecule has 0 unspecified atom stereocenters. The fourth-order valence-electron chi connectivity index (χ4n) is 9.71. The van der Waals surface area contributed by atoms with Gasteiger partial charge in [-0.3, -0.25) is 14.5 Å². The zero-order chi connectivity index (χ0) is 43.6. The number of carboxylic acid groups (broad SMARTS) is 1. The van der Waals surface area contributed by atoms with Crippen molar-refractivity contribution in [2.24, 2.45) is 11.8 Å². The Morgan fingerprint density at radius 2 is 1.21 bits per heavy atom. The summed E-state index contributed by atoms with van der Waals surface area (Å²) in [7, 11) is 5.67. The number of nitrogens with zero attached hydrogens (tertiary/aromatic N) is 5. The number of piperidine rings is 2. The minimum atomic E-state index is -1.18. The van der Waals surface area contributed by atoms with Gasteiger partial charge in [-0.1, -0.05) is 48.5 Å². The summed E-state index contributed by atoms with van der Waals surface area (Å²) in [5.74, 6) is 1.70. The van der Waals surface area contributed by atoms with E-state index in [0.29, 0.717) is 23.5 Å². The summed E-state index contributed by atoms with van der Waals surface area (Å²) < 4.78 is 15.7. The summed E-state index contributed by atoms with van der Waals surface area (Å²) in [5, 5.41) is 14.5. The van der Waals surface area contributed by atoms with E-state index in [1.54, 1.807) is 13.8 Å². The average Bonchev–Trinajstić information content (AvgIpc) is 3.87. The first-order chi connectivity index (χ1) is 29.9. The van der Waals surface area contributed by atoms with E-state index >= 15 is 0 Å². The Labute approximate surface area is 358 Å². The van der Waals surface area contributed by atoms with Crippen molar-refractivity contribution in [2.75, 3.05) is 28.4 Å². The number of hydrogen-bond donors (Lipinski definition) is 4. The zero-order valence-corrected chi connectivity index (χ0v) is 35.6. The van der Waals surface area contributed by atoms with Crippen molar-refractivity contribution in [2.45, 2.75) is 88.0 Å². The van der Waals surface area contributed by atoms with Gasteiger partial charge in [0.15, 0.2) is 0 Å². The molecule has 16 heteroatoms. The number of nitrogens with one attached hydrogen (secondary N) is 3. The first-order valence-corrected chi connectivity index (χ1v) is 21.1. The molecule has 4 fully saturated rings. The van der Waals surface area contributed by atoms with E-state index in [-0.39, 0.29) is 36.0 Å². The molecule has 0 bridgehead atoms. The maximum atomic E-state index is 14.0. The third-order valence-corrected chi connectivity index (χ3v) is 13.5. The van der Waals surface area contributed by atoms with Gasteiger partial charge < -0.3 is 44.4 Å². The van der Waals surface area contributed by atoms with Crippen molar-refractivity contribution in [3.05, 3.63) is 84.7 Å². The molecule has 5 aromatic rings. The Balaban J connectivity index is 0.884. The smallest absolute Gasteiger partial charge is 0.407 e. The normalized spacial score (nSPS) is 24.2. The molecule has 2 saturated heterocycles. The molecule has 10 atom stereocenters. The molecule has 4 N–H and O–H groups in total. The molecule has 16 nitrogen and oxygen atoms in total. The van der Waals surface area contributed by atoms with Crippen LogP contribution in [-0.4, -0.2) is 128 Å². The van der Waals surface area contributed by atoms with Crippen LogP contribution in [0.5, 0.6) is 0 Å². The Hall–Kier alpha value is -6.26. The number of imidazole rings is 2. The lowest BCUT2D eigenvalue weighted by Crippen LogP contribution is -2.55. The highest BCUT2D eigenvalue weighted by atomic mass is 16.5. The highest BCUT2D eigenvalue weighted by molar-refractivity contribution is 5.91. The molecule has 2 aromatic heterocycles.